The molecule has 0 aromatic heterocycles. The van der Waals surface area contributed by atoms with Crippen LogP contribution in [0, 0.1) is 5.92 Å². The summed E-state index contributed by atoms with van der Waals surface area (Å²) in [5.41, 5.74) is 0.935. The molecule has 0 bridgehead atoms. The predicted molar refractivity (Wildman–Crippen MR) is 76.1 cm³/mol. The number of aromatic hydroxyl groups is 1. The Kier molecular flexibility index (Phi) is 3.84. The zero-order valence-electron chi connectivity index (χ0n) is 10.7. The summed E-state index contributed by atoms with van der Waals surface area (Å²) in [6.45, 7) is 3.21. The number of fused-ring (bicyclic) bond motifs is 1. The Morgan fingerprint density at radius 2 is 2.21 bits per heavy atom. The number of ether oxygens (including phenoxy) is 2. The third-order valence-corrected chi connectivity index (χ3v) is 4.47. The van der Waals surface area contributed by atoms with Crippen LogP contribution in [0.2, 0.25) is 0 Å². The molecule has 4 nitrogen and oxygen atoms in total. The Morgan fingerprint density at radius 1 is 1.37 bits per heavy atom. The molecule has 2 aliphatic rings. The summed E-state index contributed by atoms with van der Waals surface area (Å²) < 4.78 is 11.8. The number of rotatable bonds is 2. The van der Waals surface area contributed by atoms with Crippen molar-refractivity contribution in [2.75, 3.05) is 26.3 Å². The van der Waals surface area contributed by atoms with Crippen LogP contribution in [0.15, 0.2) is 10.5 Å². The largest absolute Gasteiger partial charge is 0.506 e. The Morgan fingerprint density at radius 3 is 3.00 bits per heavy atom. The number of hydrogen-bond acceptors (Lipinski definition) is 4. The number of phenols is 1. The van der Waals surface area contributed by atoms with Gasteiger partial charge in [0.2, 0.25) is 0 Å². The highest BCUT2D eigenvalue weighted by Crippen LogP contribution is 2.45. The van der Waals surface area contributed by atoms with Gasteiger partial charge in [-0.3, -0.25) is 0 Å². The van der Waals surface area contributed by atoms with Crippen LogP contribution in [0.3, 0.4) is 0 Å². The lowest BCUT2D eigenvalue weighted by molar-refractivity contribution is 0.169. The fourth-order valence-corrected chi connectivity index (χ4v) is 3.32. The molecule has 1 aromatic rings. The molecule has 2 aliphatic heterocycles. The summed E-state index contributed by atoms with van der Waals surface area (Å²) in [7, 11) is 0. The second-order valence-corrected chi connectivity index (χ2v) is 5.93. The van der Waals surface area contributed by atoms with Crippen molar-refractivity contribution in [2.24, 2.45) is 5.92 Å². The van der Waals surface area contributed by atoms with Crippen LogP contribution >= 0.6 is 15.9 Å². The molecule has 1 atom stereocenters. The average molecular weight is 328 g/mol. The normalized spacial score (nSPS) is 22.3. The van der Waals surface area contributed by atoms with Crippen molar-refractivity contribution in [3.05, 3.63) is 16.1 Å². The minimum absolute atomic E-state index is 0.287. The molecule has 0 spiro atoms. The van der Waals surface area contributed by atoms with Gasteiger partial charge in [0, 0.05) is 0 Å². The fourth-order valence-electron chi connectivity index (χ4n) is 2.75. The lowest BCUT2D eigenvalue weighted by Crippen LogP contribution is -2.30. The molecule has 2 heterocycles. The molecule has 1 aromatic carbocycles. The maximum absolute atomic E-state index is 10.3. The lowest BCUT2D eigenvalue weighted by Gasteiger charge is -2.25. The van der Waals surface area contributed by atoms with Gasteiger partial charge in [0.25, 0.3) is 0 Å². The Balaban J connectivity index is 1.86. The van der Waals surface area contributed by atoms with Gasteiger partial charge >= 0.3 is 0 Å². The predicted octanol–water partition coefficient (Wildman–Crippen LogP) is 2.47. The van der Waals surface area contributed by atoms with Gasteiger partial charge in [0.15, 0.2) is 11.5 Å². The van der Waals surface area contributed by atoms with Crippen LogP contribution in [-0.4, -0.2) is 31.4 Å². The van der Waals surface area contributed by atoms with E-state index in [1.54, 1.807) is 0 Å². The first-order valence-electron chi connectivity index (χ1n) is 6.76. The number of benzene rings is 1. The van der Waals surface area contributed by atoms with Crippen molar-refractivity contribution >= 4 is 15.9 Å². The SMILES string of the molecule is Oc1c(CC2CCCNC2)cc2c(c1Br)OCCO2. The molecule has 5 heteroatoms. The highest BCUT2D eigenvalue weighted by Gasteiger charge is 2.23. The average Bonchev–Trinajstić information content (AvgIpc) is 2.46. The fraction of sp³-hybridized carbons (Fsp3) is 0.571. The molecule has 3 rings (SSSR count). The van der Waals surface area contributed by atoms with Crippen LogP contribution in [0.4, 0.5) is 0 Å². The van der Waals surface area contributed by atoms with Gasteiger partial charge in [-0.15, -0.1) is 0 Å². The second-order valence-electron chi connectivity index (χ2n) is 5.14. The van der Waals surface area contributed by atoms with Crippen molar-refractivity contribution in [3.8, 4) is 17.2 Å². The van der Waals surface area contributed by atoms with Gasteiger partial charge in [-0.1, -0.05) is 0 Å². The van der Waals surface area contributed by atoms with E-state index in [4.69, 9.17) is 9.47 Å². The molecule has 1 fully saturated rings. The quantitative estimate of drug-likeness (QED) is 0.876. The smallest absolute Gasteiger partial charge is 0.179 e. The van der Waals surface area contributed by atoms with Crippen molar-refractivity contribution in [1.82, 2.24) is 5.32 Å². The maximum atomic E-state index is 10.3. The van der Waals surface area contributed by atoms with Crippen LogP contribution in [0.5, 0.6) is 17.2 Å². The number of nitrogens with one attached hydrogen (secondary N) is 1. The summed E-state index contributed by atoms with van der Waals surface area (Å²) in [5, 5.41) is 13.7. The first kappa shape index (κ1) is 13.1. The molecule has 0 amide bonds. The molecule has 1 saturated heterocycles. The van der Waals surface area contributed by atoms with Gasteiger partial charge in [-0.05, 0) is 65.8 Å². The maximum Gasteiger partial charge on any atom is 0.179 e. The van der Waals surface area contributed by atoms with E-state index in [2.05, 4.69) is 21.2 Å². The summed E-state index contributed by atoms with van der Waals surface area (Å²) in [4.78, 5) is 0. The second kappa shape index (κ2) is 5.59. The third-order valence-electron chi connectivity index (χ3n) is 3.74. The molecular formula is C14H18BrNO3. The lowest BCUT2D eigenvalue weighted by atomic mass is 9.92. The summed E-state index contributed by atoms with van der Waals surface area (Å²) >= 11 is 3.41. The van der Waals surface area contributed by atoms with Crippen molar-refractivity contribution < 1.29 is 14.6 Å². The third kappa shape index (κ3) is 2.67. The van der Waals surface area contributed by atoms with Gasteiger partial charge in [0.1, 0.15) is 23.4 Å². The van der Waals surface area contributed by atoms with Crippen LogP contribution < -0.4 is 14.8 Å². The first-order valence-corrected chi connectivity index (χ1v) is 7.55. The minimum Gasteiger partial charge on any atom is -0.506 e. The Hall–Kier alpha value is -0.940. The van der Waals surface area contributed by atoms with Gasteiger partial charge in [-0.2, -0.15) is 0 Å². The molecular weight excluding hydrogens is 310 g/mol. The van der Waals surface area contributed by atoms with E-state index in [9.17, 15) is 5.11 Å². The number of halogens is 1. The van der Waals surface area contributed by atoms with Crippen molar-refractivity contribution in [3.63, 3.8) is 0 Å². The van der Waals surface area contributed by atoms with E-state index >= 15 is 0 Å². The van der Waals surface area contributed by atoms with Crippen LogP contribution in [-0.2, 0) is 6.42 Å². The number of hydrogen-bond donors (Lipinski definition) is 2. The zero-order valence-corrected chi connectivity index (χ0v) is 12.3. The van der Waals surface area contributed by atoms with Crippen LogP contribution in [0.25, 0.3) is 0 Å². The molecule has 104 valence electrons. The highest BCUT2D eigenvalue weighted by molar-refractivity contribution is 9.10. The van der Waals surface area contributed by atoms with Crippen LogP contribution in [0.1, 0.15) is 18.4 Å². The molecule has 1 unspecified atom stereocenters. The monoisotopic (exact) mass is 327 g/mol. The van der Waals surface area contributed by atoms with E-state index in [0.29, 0.717) is 29.4 Å². The molecule has 0 radical (unpaired) electrons. The summed E-state index contributed by atoms with van der Waals surface area (Å²) in [5.74, 6) is 2.22. The van der Waals surface area contributed by atoms with E-state index in [0.717, 1.165) is 30.8 Å². The van der Waals surface area contributed by atoms with Crippen molar-refractivity contribution in [1.29, 1.82) is 0 Å². The highest BCUT2D eigenvalue weighted by atomic mass is 79.9. The number of phenolic OH excluding ortho intramolecular Hbond substituents is 1. The van der Waals surface area contributed by atoms with Crippen molar-refractivity contribution in [2.45, 2.75) is 19.3 Å². The summed E-state index contributed by atoms with van der Waals surface area (Å²) in [6.07, 6.45) is 3.28. The summed E-state index contributed by atoms with van der Waals surface area (Å²) in [6, 6.07) is 1.92. The zero-order chi connectivity index (χ0) is 13.2. The van der Waals surface area contributed by atoms with E-state index in [-0.39, 0.29) is 5.75 Å². The van der Waals surface area contributed by atoms with Gasteiger partial charge in [-0.25, -0.2) is 0 Å². The van der Waals surface area contributed by atoms with Gasteiger partial charge in [0.05, 0.1) is 0 Å². The Bertz CT molecular complexity index is 472. The Labute approximate surface area is 121 Å². The van der Waals surface area contributed by atoms with E-state index in [1.165, 1.54) is 12.8 Å². The molecule has 19 heavy (non-hydrogen) atoms. The topological polar surface area (TPSA) is 50.7 Å². The molecule has 0 aliphatic carbocycles. The minimum atomic E-state index is 0.287. The molecule has 0 saturated carbocycles. The standard InChI is InChI=1S/C14H18BrNO3/c15-12-13(17)10(6-9-2-1-3-16-8-9)7-11-14(12)19-5-4-18-11/h7,9,16-17H,1-6,8H2. The number of piperidine rings is 1. The first-order chi connectivity index (χ1) is 9.25. The van der Waals surface area contributed by atoms with Gasteiger partial charge < -0.3 is 19.9 Å². The van der Waals surface area contributed by atoms with E-state index in [1.807, 2.05) is 6.07 Å². The van der Waals surface area contributed by atoms with E-state index < -0.39 is 0 Å². The molecule has 2 N–H and O–H groups in total.